The van der Waals surface area contributed by atoms with Gasteiger partial charge >= 0.3 is 0 Å². The molecule has 1 aromatic heterocycles. The number of carbonyl (C=O) groups excluding carboxylic acids is 2. The van der Waals surface area contributed by atoms with Gasteiger partial charge in [0.05, 0.1) is 25.4 Å². The third-order valence-corrected chi connectivity index (χ3v) is 8.37. The van der Waals surface area contributed by atoms with Crippen LogP contribution in [0.15, 0.2) is 42.6 Å². The van der Waals surface area contributed by atoms with Gasteiger partial charge in [-0.15, -0.1) is 0 Å². The molecular weight excluding hydrogens is 514 g/mol. The third-order valence-electron chi connectivity index (χ3n) is 8.37. The van der Waals surface area contributed by atoms with Gasteiger partial charge < -0.3 is 15.0 Å². The van der Waals surface area contributed by atoms with Gasteiger partial charge in [-0.1, -0.05) is 25.1 Å². The van der Waals surface area contributed by atoms with E-state index in [4.69, 9.17) is 4.74 Å². The number of aromatic nitrogens is 1. The molecule has 0 radical (unpaired) electrons. The molecule has 2 aliphatic rings. The van der Waals surface area contributed by atoms with Gasteiger partial charge in [-0.3, -0.25) is 24.4 Å². The SMILES string of the molecule is CCN1CCCC1CN(Cc1ccccn1)C(=O)CCc1ccc2c(c1)CN(C(C)C)CC(=O)NCCCCCO2. The van der Waals surface area contributed by atoms with Crippen LogP contribution >= 0.6 is 0 Å². The zero-order chi connectivity index (χ0) is 29.0. The molecule has 224 valence electrons. The van der Waals surface area contributed by atoms with E-state index < -0.39 is 0 Å². The fourth-order valence-corrected chi connectivity index (χ4v) is 5.87. The van der Waals surface area contributed by atoms with Gasteiger partial charge in [-0.25, -0.2) is 0 Å². The number of hydrogen-bond acceptors (Lipinski definition) is 6. The van der Waals surface area contributed by atoms with E-state index in [1.54, 1.807) is 6.20 Å². The van der Waals surface area contributed by atoms with E-state index in [1.165, 1.54) is 6.42 Å². The molecule has 8 heteroatoms. The number of ether oxygens (including phenoxy) is 1. The quantitative estimate of drug-likeness (QED) is 0.487. The fraction of sp³-hybridized carbons (Fsp3) is 0.606. The van der Waals surface area contributed by atoms with Gasteiger partial charge in [0, 0.05) is 49.9 Å². The summed E-state index contributed by atoms with van der Waals surface area (Å²) in [5.41, 5.74) is 3.12. The molecule has 1 fully saturated rings. The monoisotopic (exact) mass is 563 g/mol. The second kappa shape index (κ2) is 15.9. The van der Waals surface area contributed by atoms with Crippen LogP contribution in [0.4, 0.5) is 0 Å². The first kappa shape index (κ1) is 31.0. The molecule has 41 heavy (non-hydrogen) atoms. The molecule has 3 heterocycles. The van der Waals surface area contributed by atoms with Crippen LogP contribution in [0.5, 0.6) is 5.75 Å². The molecule has 2 aliphatic heterocycles. The second-order valence-electron chi connectivity index (χ2n) is 11.7. The zero-order valence-corrected chi connectivity index (χ0v) is 25.3. The van der Waals surface area contributed by atoms with Crippen molar-refractivity contribution in [2.75, 3.05) is 39.3 Å². The molecule has 0 saturated carbocycles. The number of rotatable bonds is 9. The highest BCUT2D eigenvalue weighted by molar-refractivity contribution is 5.78. The Morgan fingerprint density at radius 3 is 2.80 bits per heavy atom. The minimum atomic E-state index is 0.0686. The molecule has 4 rings (SSSR count). The molecule has 0 bridgehead atoms. The van der Waals surface area contributed by atoms with Crippen molar-refractivity contribution in [3.8, 4) is 5.75 Å². The minimum absolute atomic E-state index is 0.0686. The molecule has 1 atom stereocenters. The Morgan fingerprint density at radius 2 is 2.02 bits per heavy atom. The molecule has 2 aromatic rings. The number of aryl methyl sites for hydroxylation is 1. The first-order chi connectivity index (χ1) is 19.9. The van der Waals surface area contributed by atoms with Gasteiger partial charge in [-0.05, 0) is 89.2 Å². The summed E-state index contributed by atoms with van der Waals surface area (Å²) in [5.74, 6) is 1.11. The van der Waals surface area contributed by atoms with Crippen molar-refractivity contribution in [2.45, 2.75) is 90.9 Å². The number of benzene rings is 1. The highest BCUT2D eigenvalue weighted by Crippen LogP contribution is 2.25. The average molecular weight is 564 g/mol. The summed E-state index contributed by atoms with van der Waals surface area (Å²) in [4.78, 5) is 37.4. The molecule has 1 saturated heterocycles. The van der Waals surface area contributed by atoms with Crippen molar-refractivity contribution in [3.05, 3.63) is 59.4 Å². The van der Waals surface area contributed by atoms with Gasteiger partial charge in [0.2, 0.25) is 11.8 Å². The first-order valence-corrected chi connectivity index (χ1v) is 15.6. The molecule has 8 nitrogen and oxygen atoms in total. The van der Waals surface area contributed by atoms with Crippen LogP contribution in [0.3, 0.4) is 0 Å². The maximum Gasteiger partial charge on any atom is 0.234 e. The summed E-state index contributed by atoms with van der Waals surface area (Å²) in [6, 6.07) is 12.8. The minimum Gasteiger partial charge on any atom is -0.493 e. The molecule has 0 spiro atoms. The third kappa shape index (κ3) is 9.54. The fourth-order valence-electron chi connectivity index (χ4n) is 5.87. The van der Waals surface area contributed by atoms with Crippen LogP contribution < -0.4 is 10.1 Å². The van der Waals surface area contributed by atoms with Crippen molar-refractivity contribution >= 4 is 11.8 Å². The molecule has 1 N–H and O–H groups in total. The van der Waals surface area contributed by atoms with Crippen molar-refractivity contribution < 1.29 is 14.3 Å². The molecule has 1 unspecified atom stereocenters. The van der Waals surface area contributed by atoms with Crippen molar-refractivity contribution in [1.29, 1.82) is 0 Å². The Kier molecular flexibility index (Phi) is 12.0. The van der Waals surface area contributed by atoms with Crippen molar-refractivity contribution in [1.82, 2.24) is 25.0 Å². The van der Waals surface area contributed by atoms with E-state index in [1.807, 2.05) is 23.1 Å². The first-order valence-electron chi connectivity index (χ1n) is 15.6. The van der Waals surface area contributed by atoms with Crippen molar-refractivity contribution in [3.63, 3.8) is 0 Å². The lowest BCUT2D eigenvalue weighted by atomic mass is 10.0. The summed E-state index contributed by atoms with van der Waals surface area (Å²) < 4.78 is 6.22. The Bertz CT molecular complexity index is 1110. The predicted molar refractivity (Wildman–Crippen MR) is 163 cm³/mol. The Hall–Kier alpha value is -2.97. The van der Waals surface area contributed by atoms with E-state index in [9.17, 15) is 9.59 Å². The van der Waals surface area contributed by atoms with Crippen molar-refractivity contribution in [2.24, 2.45) is 0 Å². The standard InChI is InChI=1S/C33H49N5O3/c1-4-36-19-10-12-30(36)24-38(23-29-11-6-8-17-34-29)33(40)16-14-27-13-15-31-28(21-27)22-37(26(2)3)25-32(39)35-18-7-5-9-20-41-31/h6,8,11,13,15,17,21,26,30H,4-5,7,9-10,12,14,16,18-20,22-25H2,1-3H3,(H,35,39). The lowest BCUT2D eigenvalue weighted by molar-refractivity contribution is -0.132. The van der Waals surface area contributed by atoms with Gasteiger partial charge in [0.1, 0.15) is 5.75 Å². The van der Waals surface area contributed by atoms with Crippen LogP contribution in [0.1, 0.15) is 76.1 Å². The highest BCUT2D eigenvalue weighted by atomic mass is 16.5. The van der Waals surface area contributed by atoms with Gasteiger partial charge in [-0.2, -0.15) is 0 Å². The molecular formula is C33H49N5O3. The topological polar surface area (TPSA) is 78.0 Å². The predicted octanol–water partition coefficient (Wildman–Crippen LogP) is 4.42. The summed E-state index contributed by atoms with van der Waals surface area (Å²) in [5, 5.41) is 3.06. The number of fused-ring (bicyclic) bond motifs is 1. The average Bonchev–Trinajstić information content (AvgIpc) is 3.43. The lowest BCUT2D eigenvalue weighted by Gasteiger charge is -2.30. The number of pyridine rings is 1. The largest absolute Gasteiger partial charge is 0.493 e. The van der Waals surface area contributed by atoms with E-state index in [0.717, 1.165) is 67.9 Å². The number of nitrogens with one attached hydrogen (secondary N) is 1. The van der Waals surface area contributed by atoms with Crippen LogP contribution in [0, 0.1) is 0 Å². The zero-order valence-electron chi connectivity index (χ0n) is 25.3. The number of amides is 2. The Balaban J connectivity index is 1.47. The number of hydrogen-bond donors (Lipinski definition) is 1. The van der Waals surface area contributed by atoms with E-state index >= 15 is 0 Å². The normalized spacial score (nSPS) is 19.4. The van der Waals surface area contributed by atoms with E-state index in [-0.39, 0.29) is 17.9 Å². The van der Waals surface area contributed by atoms with Gasteiger partial charge in [0.25, 0.3) is 0 Å². The van der Waals surface area contributed by atoms with E-state index in [0.29, 0.717) is 51.7 Å². The summed E-state index contributed by atoms with van der Waals surface area (Å²) >= 11 is 0. The van der Waals surface area contributed by atoms with Crippen LogP contribution in [0.25, 0.3) is 0 Å². The Morgan fingerprint density at radius 1 is 1.15 bits per heavy atom. The van der Waals surface area contributed by atoms with Gasteiger partial charge in [0.15, 0.2) is 0 Å². The maximum absolute atomic E-state index is 13.7. The molecule has 0 aliphatic carbocycles. The Labute approximate surface area is 246 Å². The highest BCUT2D eigenvalue weighted by Gasteiger charge is 2.27. The molecule has 1 aromatic carbocycles. The maximum atomic E-state index is 13.7. The number of carbonyl (C=O) groups is 2. The van der Waals surface area contributed by atoms with E-state index in [2.05, 4.69) is 59.1 Å². The smallest absolute Gasteiger partial charge is 0.234 e. The summed E-state index contributed by atoms with van der Waals surface area (Å²) in [6.07, 6.45) is 8.18. The van der Waals surface area contributed by atoms with Crippen LogP contribution in [0.2, 0.25) is 0 Å². The lowest BCUT2D eigenvalue weighted by Crippen LogP contribution is -2.42. The molecule has 2 amide bonds. The second-order valence-corrected chi connectivity index (χ2v) is 11.7. The van der Waals surface area contributed by atoms with Crippen LogP contribution in [-0.4, -0.2) is 82.9 Å². The summed E-state index contributed by atoms with van der Waals surface area (Å²) in [6.45, 7) is 12.2. The van der Waals surface area contributed by atoms with Crippen LogP contribution in [-0.2, 0) is 29.1 Å². The number of nitrogens with zero attached hydrogens (tertiary/aromatic N) is 4. The summed E-state index contributed by atoms with van der Waals surface area (Å²) in [7, 11) is 0. The number of likely N-dealkylation sites (tertiary alicyclic amines) is 1. The number of likely N-dealkylation sites (N-methyl/N-ethyl adjacent to an activating group) is 1.